The fraction of sp³-hybridized carbons (Fsp3) is 0.414. The largest absolute Gasteiger partial charge is 0.488 e. The van der Waals surface area contributed by atoms with Gasteiger partial charge in [-0.25, -0.2) is 0 Å². The summed E-state index contributed by atoms with van der Waals surface area (Å²) in [5, 5.41) is 2.66. The molecule has 1 unspecified atom stereocenters. The number of ether oxygens (including phenoxy) is 1. The number of hydrogen-bond donors (Lipinski definition) is 1. The Kier molecular flexibility index (Phi) is 6.43. The van der Waals surface area contributed by atoms with Gasteiger partial charge in [0.1, 0.15) is 18.4 Å². The second-order valence-electron chi connectivity index (χ2n) is 10.9. The van der Waals surface area contributed by atoms with Gasteiger partial charge in [-0.1, -0.05) is 50.8 Å². The fourth-order valence-electron chi connectivity index (χ4n) is 5.16. The van der Waals surface area contributed by atoms with Gasteiger partial charge in [-0.2, -0.15) is 0 Å². The first kappa shape index (κ1) is 24.3. The van der Waals surface area contributed by atoms with Crippen molar-refractivity contribution in [2.24, 2.45) is 5.41 Å². The van der Waals surface area contributed by atoms with Gasteiger partial charge in [-0.05, 0) is 67.4 Å². The molecule has 7 heteroatoms. The Balaban J connectivity index is 1.24. The molecule has 0 bridgehead atoms. The Morgan fingerprint density at radius 3 is 2.39 bits per heavy atom. The number of carbonyl (C=O) groups is 3. The van der Waals surface area contributed by atoms with E-state index in [1.165, 1.54) is 18.4 Å². The molecule has 1 N–H and O–H groups in total. The predicted octanol–water partition coefficient (Wildman–Crippen LogP) is 4.28. The average Bonchev–Trinajstić information content (AvgIpc) is 3.10. The number of imide groups is 1. The van der Waals surface area contributed by atoms with E-state index in [1.807, 2.05) is 12.1 Å². The van der Waals surface area contributed by atoms with E-state index in [0.29, 0.717) is 29.7 Å². The van der Waals surface area contributed by atoms with Gasteiger partial charge in [0.15, 0.2) is 0 Å². The summed E-state index contributed by atoms with van der Waals surface area (Å²) in [5.41, 5.74) is 3.79. The highest BCUT2D eigenvalue weighted by atomic mass is 16.5. The van der Waals surface area contributed by atoms with Crippen molar-refractivity contribution >= 4 is 17.7 Å². The highest BCUT2D eigenvalue weighted by molar-refractivity contribution is 6.24. The van der Waals surface area contributed by atoms with Crippen molar-refractivity contribution < 1.29 is 19.1 Å². The zero-order chi connectivity index (χ0) is 25.4. The fourth-order valence-corrected chi connectivity index (χ4v) is 5.16. The maximum absolute atomic E-state index is 13.3. The number of rotatable bonds is 6. The monoisotopic (exact) mass is 487 g/mol. The lowest BCUT2D eigenvalue weighted by Gasteiger charge is -2.36. The van der Waals surface area contributed by atoms with Crippen molar-refractivity contribution in [3.05, 3.63) is 77.0 Å². The standard InChI is InChI=1S/C29H33N3O4/c1-19-7-12-23(26(33)30-19)32-27(34)22-5-4-6-24(25(22)28(32)35)36-18-21-10-8-20(9-11-21)17-31-15-13-29(2,3)14-16-31/h4-6,8-11,23H,1,7,12-18H2,2-3H3,(H,30,33). The van der Waals surface area contributed by atoms with E-state index in [9.17, 15) is 14.4 Å². The summed E-state index contributed by atoms with van der Waals surface area (Å²) < 4.78 is 6.02. The van der Waals surface area contributed by atoms with Gasteiger partial charge in [-0.3, -0.25) is 24.2 Å². The summed E-state index contributed by atoms with van der Waals surface area (Å²) >= 11 is 0. The molecule has 2 aromatic carbocycles. The number of piperidine rings is 2. The van der Waals surface area contributed by atoms with Gasteiger partial charge in [0.2, 0.25) is 5.91 Å². The highest BCUT2D eigenvalue weighted by Gasteiger charge is 2.45. The predicted molar refractivity (Wildman–Crippen MR) is 136 cm³/mol. The molecule has 3 heterocycles. The lowest BCUT2D eigenvalue weighted by Crippen LogP contribution is -2.51. The summed E-state index contributed by atoms with van der Waals surface area (Å²) in [4.78, 5) is 42.3. The Hall–Kier alpha value is -3.45. The molecule has 0 radical (unpaired) electrons. The van der Waals surface area contributed by atoms with Crippen LogP contribution in [0, 0.1) is 5.41 Å². The van der Waals surface area contributed by atoms with Crippen molar-refractivity contribution in [3.63, 3.8) is 0 Å². The van der Waals surface area contributed by atoms with Crippen LogP contribution >= 0.6 is 0 Å². The minimum atomic E-state index is -0.839. The molecular weight excluding hydrogens is 454 g/mol. The van der Waals surface area contributed by atoms with Gasteiger partial charge in [0.05, 0.1) is 11.1 Å². The van der Waals surface area contributed by atoms with E-state index in [4.69, 9.17) is 4.74 Å². The van der Waals surface area contributed by atoms with Crippen molar-refractivity contribution in [2.75, 3.05) is 13.1 Å². The van der Waals surface area contributed by atoms with Gasteiger partial charge in [0, 0.05) is 12.2 Å². The number of amides is 3. The molecule has 1 atom stereocenters. The first-order valence-electron chi connectivity index (χ1n) is 12.6. The molecule has 0 aliphatic carbocycles. The third-order valence-corrected chi connectivity index (χ3v) is 7.58. The summed E-state index contributed by atoms with van der Waals surface area (Å²) in [7, 11) is 0. The number of hydrogen-bond acceptors (Lipinski definition) is 5. The van der Waals surface area contributed by atoms with Crippen LogP contribution in [0.25, 0.3) is 0 Å². The Morgan fingerprint density at radius 1 is 1.00 bits per heavy atom. The van der Waals surface area contributed by atoms with E-state index >= 15 is 0 Å². The molecule has 2 saturated heterocycles. The minimum Gasteiger partial charge on any atom is -0.488 e. The minimum absolute atomic E-state index is 0.226. The van der Waals surface area contributed by atoms with E-state index in [1.54, 1.807) is 18.2 Å². The van der Waals surface area contributed by atoms with Crippen LogP contribution in [-0.2, 0) is 17.9 Å². The molecule has 36 heavy (non-hydrogen) atoms. The molecule has 0 saturated carbocycles. The molecule has 2 fully saturated rings. The quantitative estimate of drug-likeness (QED) is 0.616. The molecule has 5 rings (SSSR count). The number of likely N-dealkylation sites (tertiary alicyclic amines) is 1. The van der Waals surface area contributed by atoms with Crippen molar-refractivity contribution in [1.29, 1.82) is 0 Å². The molecule has 0 aromatic heterocycles. The van der Waals surface area contributed by atoms with Crippen molar-refractivity contribution in [3.8, 4) is 5.75 Å². The topological polar surface area (TPSA) is 79.0 Å². The molecule has 188 valence electrons. The van der Waals surface area contributed by atoms with Crippen LogP contribution in [0.2, 0.25) is 0 Å². The zero-order valence-corrected chi connectivity index (χ0v) is 21.0. The van der Waals surface area contributed by atoms with Crippen LogP contribution in [0.15, 0.2) is 54.7 Å². The normalized spacial score (nSPS) is 21.9. The van der Waals surface area contributed by atoms with E-state index in [2.05, 4.69) is 42.8 Å². The van der Waals surface area contributed by atoms with E-state index in [-0.39, 0.29) is 23.6 Å². The second-order valence-corrected chi connectivity index (χ2v) is 10.9. The summed E-state index contributed by atoms with van der Waals surface area (Å²) in [6.45, 7) is 11.9. The summed E-state index contributed by atoms with van der Waals surface area (Å²) in [5.74, 6) is -0.970. The SMILES string of the molecule is C=C1CCC(N2C(=O)c3cccc(OCc4ccc(CN5CCC(C)(C)CC5)cc4)c3C2=O)C(=O)N1. The Morgan fingerprint density at radius 2 is 1.69 bits per heavy atom. The second kappa shape index (κ2) is 9.54. The molecule has 3 amide bonds. The van der Waals surface area contributed by atoms with Crippen LogP contribution in [0.4, 0.5) is 0 Å². The van der Waals surface area contributed by atoms with Gasteiger partial charge >= 0.3 is 0 Å². The van der Waals surface area contributed by atoms with Crippen LogP contribution < -0.4 is 10.1 Å². The molecule has 0 spiro atoms. The van der Waals surface area contributed by atoms with E-state index in [0.717, 1.165) is 30.1 Å². The van der Waals surface area contributed by atoms with Gasteiger partial charge in [0.25, 0.3) is 11.8 Å². The maximum Gasteiger partial charge on any atom is 0.266 e. The van der Waals surface area contributed by atoms with Gasteiger partial charge in [-0.15, -0.1) is 0 Å². The number of nitrogens with zero attached hydrogens (tertiary/aromatic N) is 2. The molecule has 3 aliphatic heterocycles. The Labute approximate surface area is 212 Å². The number of nitrogens with one attached hydrogen (secondary N) is 1. The van der Waals surface area contributed by atoms with Crippen molar-refractivity contribution in [2.45, 2.75) is 58.7 Å². The number of allylic oxidation sites excluding steroid dienone is 1. The first-order chi connectivity index (χ1) is 17.2. The van der Waals surface area contributed by atoms with Crippen LogP contribution in [-0.4, -0.2) is 46.7 Å². The smallest absolute Gasteiger partial charge is 0.266 e. The van der Waals surface area contributed by atoms with Crippen LogP contribution in [0.5, 0.6) is 5.75 Å². The highest BCUT2D eigenvalue weighted by Crippen LogP contribution is 2.34. The third-order valence-electron chi connectivity index (χ3n) is 7.58. The Bertz CT molecular complexity index is 1210. The van der Waals surface area contributed by atoms with Crippen LogP contribution in [0.1, 0.15) is 71.4 Å². The lowest BCUT2D eigenvalue weighted by molar-refractivity contribution is -0.125. The molecular formula is C29H33N3O4. The number of benzene rings is 2. The van der Waals surface area contributed by atoms with Crippen LogP contribution in [0.3, 0.4) is 0 Å². The van der Waals surface area contributed by atoms with E-state index < -0.39 is 17.9 Å². The van der Waals surface area contributed by atoms with Gasteiger partial charge < -0.3 is 10.1 Å². The zero-order valence-electron chi connectivity index (χ0n) is 21.0. The number of fused-ring (bicyclic) bond motifs is 1. The first-order valence-corrected chi connectivity index (χ1v) is 12.6. The average molecular weight is 488 g/mol. The third kappa shape index (κ3) is 4.80. The number of carbonyl (C=O) groups excluding carboxylic acids is 3. The molecule has 7 nitrogen and oxygen atoms in total. The summed E-state index contributed by atoms with van der Waals surface area (Å²) in [6.07, 6.45) is 3.34. The van der Waals surface area contributed by atoms with Crippen molar-refractivity contribution in [1.82, 2.24) is 15.1 Å². The molecule has 3 aliphatic rings. The molecule has 2 aromatic rings. The summed E-state index contributed by atoms with van der Waals surface area (Å²) in [6, 6.07) is 12.5. The lowest BCUT2D eigenvalue weighted by atomic mass is 9.82. The maximum atomic E-state index is 13.3.